The van der Waals surface area contributed by atoms with Crippen LogP contribution in [0.1, 0.15) is 43.8 Å². The van der Waals surface area contributed by atoms with Gasteiger partial charge in [0.1, 0.15) is 17.7 Å². The predicted octanol–water partition coefficient (Wildman–Crippen LogP) is 6.77. The third-order valence-electron chi connectivity index (χ3n) is 7.31. The second-order valence-electron chi connectivity index (χ2n) is 9.67. The van der Waals surface area contributed by atoms with Crippen molar-refractivity contribution in [3.05, 3.63) is 66.1 Å². The van der Waals surface area contributed by atoms with Gasteiger partial charge in [-0.05, 0) is 98.2 Å². The maximum Gasteiger partial charge on any atom is 0.303 e. The van der Waals surface area contributed by atoms with Gasteiger partial charge in [-0.2, -0.15) is 0 Å². The number of likely N-dealkylation sites (tertiary alicyclic amines) is 1. The molecular formula is C29H34F2N2O3S. The van der Waals surface area contributed by atoms with Crippen molar-refractivity contribution in [2.45, 2.75) is 43.2 Å². The number of nitrogens with zero attached hydrogens (tertiary/aromatic N) is 2. The van der Waals surface area contributed by atoms with Crippen molar-refractivity contribution in [1.82, 2.24) is 9.88 Å². The molecule has 3 atom stereocenters. The van der Waals surface area contributed by atoms with Crippen LogP contribution in [0.4, 0.5) is 8.78 Å². The molecule has 0 amide bonds. The number of ether oxygens (including phenoxy) is 1. The van der Waals surface area contributed by atoms with Crippen LogP contribution >= 0.6 is 11.8 Å². The van der Waals surface area contributed by atoms with Crippen LogP contribution in [-0.4, -0.2) is 53.5 Å². The molecule has 2 aromatic carbocycles. The van der Waals surface area contributed by atoms with E-state index in [2.05, 4.69) is 9.88 Å². The number of carboxylic acid groups (broad SMARTS) is 1. The number of aromatic nitrogens is 1. The number of carboxylic acids is 1. The van der Waals surface area contributed by atoms with E-state index in [4.69, 9.17) is 4.74 Å². The first-order valence-electron chi connectivity index (χ1n) is 12.8. The van der Waals surface area contributed by atoms with E-state index in [0.717, 1.165) is 54.0 Å². The molecule has 1 aliphatic rings. The minimum atomic E-state index is -1.12. The second-order valence-corrected chi connectivity index (χ2v) is 10.8. The first-order valence-corrected chi connectivity index (χ1v) is 13.8. The lowest BCUT2D eigenvalue weighted by Crippen LogP contribution is -2.41. The van der Waals surface area contributed by atoms with Crippen molar-refractivity contribution in [3.63, 3.8) is 0 Å². The van der Waals surface area contributed by atoms with Gasteiger partial charge in [-0.25, -0.2) is 8.78 Å². The molecule has 2 heterocycles. The van der Waals surface area contributed by atoms with Crippen molar-refractivity contribution >= 4 is 28.6 Å². The Kier molecular flexibility index (Phi) is 9.75. The van der Waals surface area contributed by atoms with Gasteiger partial charge in [0, 0.05) is 41.7 Å². The van der Waals surface area contributed by atoms with Crippen LogP contribution < -0.4 is 4.74 Å². The zero-order valence-electron chi connectivity index (χ0n) is 21.1. The maximum atomic E-state index is 15.5. The Balaban J connectivity index is 1.34. The van der Waals surface area contributed by atoms with E-state index in [1.165, 1.54) is 12.1 Å². The lowest BCUT2D eigenvalue weighted by molar-refractivity contribution is -0.137. The van der Waals surface area contributed by atoms with Crippen molar-refractivity contribution in [1.29, 1.82) is 0 Å². The summed E-state index contributed by atoms with van der Waals surface area (Å²) in [6.45, 7) is 2.63. The summed E-state index contributed by atoms with van der Waals surface area (Å²) in [4.78, 5) is 19.1. The van der Waals surface area contributed by atoms with E-state index in [0.29, 0.717) is 30.1 Å². The van der Waals surface area contributed by atoms with Crippen LogP contribution in [0.2, 0.25) is 0 Å². The summed E-state index contributed by atoms with van der Waals surface area (Å²) in [6.07, 6.45) is 3.31. The lowest BCUT2D eigenvalue weighted by Gasteiger charge is -2.39. The molecule has 0 aliphatic carbocycles. The minimum absolute atomic E-state index is 0.132. The molecule has 0 bridgehead atoms. The van der Waals surface area contributed by atoms with E-state index < -0.39 is 12.1 Å². The Bertz CT molecular complexity index is 1180. The summed E-state index contributed by atoms with van der Waals surface area (Å²) in [6, 6.07) is 13.8. The molecular weight excluding hydrogens is 494 g/mol. The highest BCUT2D eigenvalue weighted by atomic mass is 32.2. The van der Waals surface area contributed by atoms with Gasteiger partial charge in [0.15, 0.2) is 0 Å². The normalized spacial score (nSPS) is 19.1. The van der Waals surface area contributed by atoms with E-state index >= 15 is 4.39 Å². The van der Waals surface area contributed by atoms with Crippen LogP contribution in [0.3, 0.4) is 0 Å². The number of thioether (sulfide) groups is 1. The fourth-order valence-corrected chi connectivity index (χ4v) is 6.17. The molecule has 1 aromatic heterocycles. The van der Waals surface area contributed by atoms with Gasteiger partial charge >= 0.3 is 5.97 Å². The Morgan fingerprint density at radius 2 is 2.00 bits per heavy atom. The molecule has 1 aliphatic heterocycles. The fourth-order valence-electron chi connectivity index (χ4n) is 5.26. The molecule has 4 rings (SSSR count). The number of pyridine rings is 1. The number of hydrogen-bond donors (Lipinski definition) is 1. The van der Waals surface area contributed by atoms with Crippen LogP contribution in [0.25, 0.3) is 10.9 Å². The van der Waals surface area contributed by atoms with Gasteiger partial charge < -0.3 is 14.7 Å². The van der Waals surface area contributed by atoms with Crippen molar-refractivity contribution < 1.29 is 23.4 Å². The Hall–Kier alpha value is -2.71. The van der Waals surface area contributed by atoms with Gasteiger partial charge in [-0.15, -0.1) is 11.8 Å². The number of rotatable bonds is 12. The molecule has 0 radical (unpaired) electrons. The Morgan fingerprint density at radius 1 is 1.19 bits per heavy atom. The highest BCUT2D eigenvalue weighted by Crippen LogP contribution is 2.36. The Labute approximate surface area is 221 Å². The van der Waals surface area contributed by atoms with Crippen LogP contribution in [-0.2, 0) is 4.79 Å². The number of fused-ring (bicyclic) bond motifs is 1. The summed E-state index contributed by atoms with van der Waals surface area (Å²) in [5, 5.41) is 10.0. The number of carbonyl (C=O) groups is 1. The van der Waals surface area contributed by atoms with Crippen LogP contribution in [0.15, 0.2) is 59.6 Å². The predicted molar refractivity (Wildman–Crippen MR) is 143 cm³/mol. The topological polar surface area (TPSA) is 62.7 Å². The van der Waals surface area contributed by atoms with Crippen molar-refractivity contribution in [2.24, 2.45) is 11.8 Å². The highest BCUT2D eigenvalue weighted by Gasteiger charge is 2.30. The zero-order valence-corrected chi connectivity index (χ0v) is 21.9. The van der Waals surface area contributed by atoms with Gasteiger partial charge in [-0.1, -0.05) is 0 Å². The molecule has 37 heavy (non-hydrogen) atoms. The molecule has 5 nitrogen and oxygen atoms in total. The fraction of sp³-hybridized carbons (Fsp3) is 0.448. The number of benzene rings is 2. The average Bonchev–Trinajstić information content (AvgIpc) is 2.91. The second kappa shape index (κ2) is 13.2. The third kappa shape index (κ3) is 7.65. The Morgan fingerprint density at radius 3 is 2.76 bits per heavy atom. The molecule has 0 saturated carbocycles. The van der Waals surface area contributed by atoms with Crippen LogP contribution in [0, 0.1) is 17.7 Å². The summed E-state index contributed by atoms with van der Waals surface area (Å²) in [7, 11) is 1.59. The van der Waals surface area contributed by atoms with E-state index in [1.807, 2.05) is 18.2 Å². The quantitative estimate of drug-likeness (QED) is 0.262. The summed E-state index contributed by atoms with van der Waals surface area (Å²) < 4.78 is 34.0. The van der Waals surface area contributed by atoms with Gasteiger partial charge in [0.2, 0.25) is 0 Å². The largest absolute Gasteiger partial charge is 0.497 e. The highest BCUT2D eigenvalue weighted by molar-refractivity contribution is 7.99. The standard InChI is InChI=1S/C29H34F2N2O3S/c1-36-23-6-10-28-26(18-23)25(12-14-32-28)27(31)9-2-20-13-15-33(19-21(20)3-11-29(34)35)16-17-37-24-7-4-22(30)5-8-24/h4-8,10,12,14,18,20-21,27H,2-3,9,11,13,15-17,19H2,1H3,(H,34,35)/t20?,21?,27-/m0/s1. The first-order chi connectivity index (χ1) is 17.9. The smallest absolute Gasteiger partial charge is 0.303 e. The van der Waals surface area contributed by atoms with E-state index in [-0.39, 0.29) is 18.2 Å². The number of methoxy groups -OCH3 is 1. The average molecular weight is 529 g/mol. The van der Waals surface area contributed by atoms with Gasteiger partial charge in [0.25, 0.3) is 0 Å². The van der Waals surface area contributed by atoms with Crippen LogP contribution in [0.5, 0.6) is 5.75 Å². The monoisotopic (exact) mass is 528 g/mol. The summed E-state index contributed by atoms with van der Waals surface area (Å²) >= 11 is 1.69. The summed E-state index contributed by atoms with van der Waals surface area (Å²) in [5.74, 6) is 1.05. The number of halogens is 2. The first kappa shape index (κ1) is 27.3. The molecule has 0 spiro atoms. The number of aliphatic carboxylic acids is 1. The maximum absolute atomic E-state index is 15.5. The molecule has 1 N–H and O–H groups in total. The number of piperidine rings is 1. The zero-order chi connectivity index (χ0) is 26.2. The summed E-state index contributed by atoms with van der Waals surface area (Å²) in [5.41, 5.74) is 1.37. The number of hydrogen-bond acceptors (Lipinski definition) is 5. The van der Waals surface area contributed by atoms with E-state index in [1.54, 1.807) is 43.3 Å². The van der Waals surface area contributed by atoms with E-state index in [9.17, 15) is 14.3 Å². The lowest BCUT2D eigenvalue weighted by atomic mass is 9.79. The molecule has 2 unspecified atom stereocenters. The minimum Gasteiger partial charge on any atom is -0.497 e. The van der Waals surface area contributed by atoms with Gasteiger partial charge in [0.05, 0.1) is 12.6 Å². The molecule has 198 valence electrons. The van der Waals surface area contributed by atoms with Crippen molar-refractivity contribution in [3.8, 4) is 5.75 Å². The molecule has 3 aromatic rings. The molecule has 1 saturated heterocycles. The third-order valence-corrected chi connectivity index (χ3v) is 8.30. The SMILES string of the molecule is COc1ccc2nccc([C@@H](F)CCC3CCN(CCSc4ccc(F)cc4)CC3CCC(=O)O)c2c1. The van der Waals surface area contributed by atoms with Crippen molar-refractivity contribution in [2.75, 3.05) is 32.5 Å². The number of alkyl halides is 1. The molecule has 8 heteroatoms. The van der Waals surface area contributed by atoms with Gasteiger partial charge in [-0.3, -0.25) is 9.78 Å². The molecule has 1 fully saturated rings.